The number of H-pyrrole nitrogens is 1. The lowest BCUT2D eigenvalue weighted by Gasteiger charge is -2.21. The summed E-state index contributed by atoms with van der Waals surface area (Å²) in [4.78, 5) is 14.6. The van der Waals surface area contributed by atoms with Crippen molar-refractivity contribution in [1.82, 2.24) is 9.55 Å². The van der Waals surface area contributed by atoms with Crippen molar-refractivity contribution in [2.75, 3.05) is 0 Å². The summed E-state index contributed by atoms with van der Waals surface area (Å²) in [6.07, 6.45) is 1.49. The fourth-order valence-corrected chi connectivity index (χ4v) is 2.60. The maximum Gasteiger partial charge on any atom is 0.255 e. The van der Waals surface area contributed by atoms with Crippen LogP contribution in [0, 0.1) is 4.77 Å². The molecule has 0 spiro atoms. The highest BCUT2D eigenvalue weighted by molar-refractivity contribution is 7.71. The molecule has 0 radical (unpaired) electrons. The fourth-order valence-electron chi connectivity index (χ4n) is 2.39. The van der Waals surface area contributed by atoms with E-state index in [2.05, 4.69) is 17.1 Å². The number of nitrogens with zero attached hydrogens (tertiary/aromatic N) is 1. The maximum absolute atomic E-state index is 11.9. The molecule has 1 heterocycles. The van der Waals surface area contributed by atoms with E-state index >= 15 is 0 Å². The van der Waals surface area contributed by atoms with Gasteiger partial charge in [0.25, 0.3) is 5.56 Å². The van der Waals surface area contributed by atoms with Crippen LogP contribution in [0.1, 0.15) is 22.4 Å². The Kier molecular flexibility index (Phi) is 2.26. The van der Waals surface area contributed by atoms with E-state index in [0.717, 1.165) is 17.7 Å². The summed E-state index contributed by atoms with van der Waals surface area (Å²) in [6, 6.07) is 8.24. The molecule has 1 aromatic heterocycles. The van der Waals surface area contributed by atoms with Gasteiger partial charge in [-0.2, -0.15) is 0 Å². The zero-order valence-electron chi connectivity index (χ0n) is 9.49. The molecular formula is C13H12N2OS. The minimum Gasteiger partial charge on any atom is -0.325 e. The normalized spacial score (nSPS) is 13.0. The maximum atomic E-state index is 11.9. The lowest BCUT2D eigenvalue weighted by atomic mass is 9.89. The minimum absolute atomic E-state index is 0.0439. The van der Waals surface area contributed by atoms with Crippen molar-refractivity contribution in [3.05, 3.63) is 61.8 Å². The van der Waals surface area contributed by atoms with Crippen LogP contribution >= 0.6 is 12.2 Å². The van der Waals surface area contributed by atoms with Crippen LogP contribution in [0.4, 0.5) is 0 Å². The zero-order chi connectivity index (χ0) is 12.0. The van der Waals surface area contributed by atoms with E-state index in [1.807, 2.05) is 23.7 Å². The monoisotopic (exact) mass is 244 g/mol. The molecule has 0 atom stereocenters. The number of fused-ring (bicyclic) bond motifs is 2. The van der Waals surface area contributed by atoms with Crippen molar-refractivity contribution >= 4 is 12.2 Å². The first-order valence-corrected chi connectivity index (χ1v) is 5.95. The second-order valence-electron chi connectivity index (χ2n) is 4.37. The van der Waals surface area contributed by atoms with Crippen LogP contribution in [0.15, 0.2) is 29.1 Å². The molecule has 2 aromatic rings. The van der Waals surface area contributed by atoms with Crippen molar-refractivity contribution < 1.29 is 0 Å². The Labute approximate surface area is 104 Å². The quantitative estimate of drug-likeness (QED) is 0.614. The summed E-state index contributed by atoms with van der Waals surface area (Å²) in [7, 11) is 1.91. The molecule has 17 heavy (non-hydrogen) atoms. The van der Waals surface area contributed by atoms with Gasteiger partial charge < -0.3 is 4.57 Å². The lowest BCUT2D eigenvalue weighted by molar-refractivity contribution is 0.734. The first-order valence-electron chi connectivity index (χ1n) is 5.54. The third kappa shape index (κ3) is 1.56. The molecular weight excluding hydrogens is 232 g/mol. The second-order valence-corrected chi connectivity index (χ2v) is 4.75. The van der Waals surface area contributed by atoms with Gasteiger partial charge in [0.05, 0.1) is 0 Å². The standard InChI is InChI=1S/C13H12N2OS/c1-15-11-7-9-5-3-2-4-8(9)6-10(11)12(16)14-13(15)17/h2-5H,6-7H2,1H3,(H,14,16,17). The Morgan fingerprint density at radius 1 is 1.24 bits per heavy atom. The van der Waals surface area contributed by atoms with Crippen molar-refractivity contribution in [3.8, 4) is 0 Å². The molecule has 3 rings (SSSR count). The van der Waals surface area contributed by atoms with E-state index in [4.69, 9.17) is 12.2 Å². The van der Waals surface area contributed by atoms with Crippen LogP contribution in [0.2, 0.25) is 0 Å². The van der Waals surface area contributed by atoms with Gasteiger partial charge in [0.2, 0.25) is 0 Å². The average Bonchev–Trinajstić information content (AvgIpc) is 2.34. The van der Waals surface area contributed by atoms with Gasteiger partial charge in [-0.05, 0) is 23.3 Å². The topological polar surface area (TPSA) is 37.8 Å². The van der Waals surface area contributed by atoms with E-state index in [0.29, 0.717) is 11.2 Å². The van der Waals surface area contributed by atoms with Crippen molar-refractivity contribution in [2.24, 2.45) is 7.05 Å². The summed E-state index contributed by atoms with van der Waals surface area (Å²) in [6.45, 7) is 0. The summed E-state index contributed by atoms with van der Waals surface area (Å²) in [5.74, 6) is 0. The highest BCUT2D eigenvalue weighted by atomic mass is 32.1. The third-order valence-electron chi connectivity index (χ3n) is 3.40. The highest BCUT2D eigenvalue weighted by Gasteiger charge is 2.19. The molecule has 4 heteroatoms. The number of rotatable bonds is 0. The number of benzene rings is 1. The van der Waals surface area contributed by atoms with Crippen LogP contribution < -0.4 is 5.56 Å². The molecule has 0 bridgehead atoms. The first-order chi connectivity index (χ1) is 8.16. The Morgan fingerprint density at radius 2 is 1.88 bits per heavy atom. The van der Waals surface area contributed by atoms with Crippen molar-refractivity contribution in [2.45, 2.75) is 12.8 Å². The molecule has 0 saturated carbocycles. The van der Waals surface area contributed by atoms with Gasteiger partial charge >= 0.3 is 0 Å². The number of nitrogens with one attached hydrogen (secondary N) is 1. The second kappa shape index (κ2) is 3.67. The first kappa shape index (κ1) is 10.5. The molecule has 1 aliphatic rings. The van der Waals surface area contributed by atoms with Crippen LogP contribution in [-0.2, 0) is 19.9 Å². The summed E-state index contributed by atoms with van der Waals surface area (Å²) < 4.78 is 2.40. The van der Waals surface area contributed by atoms with Crippen LogP contribution in [0.3, 0.4) is 0 Å². The lowest BCUT2D eigenvalue weighted by Crippen LogP contribution is -2.25. The largest absolute Gasteiger partial charge is 0.325 e. The molecule has 1 aliphatic carbocycles. The molecule has 1 aromatic carbocycles. The van der Waals surface area contributed by atoms with Gasteiger partial charge in [-0.3, -0.25) is 9.78 Å². The minimum atomic E-state index is -0.0439. The van der Waals surface area contributed by atoms with E-state index in [9.17, 15) is 4.79 Å². The summed E-state index contributed by atoms with van der Waals surface area (Å²) in [5.41, 5.74) is 4.37. The van der Waals surface area contributed by atoms with Gasteiger partial charge in [-0.1, -0.05) is 24.3 Å². The van der Waals surface area contributed by atoms with Crippen LogP contribution in [0.5, 0.6) is 0 Å². The third-order valence-corrected chi connectivity index (χ3v) is 3.77. The van der Waals surface area contributed by atoms with Crippen molar-refractivity contribution in [3.63, 3.8) is 0 Å². The van der Waals surface area contributed by atoms with E-state index in [1.165, 1.54) is 11.1 Å². The van der Waals surface area contributed by atoms with E-state index in [-0.39, 0.29) is 5.56 Å². The van der Waals surface area contributed by atoms with Gasteiger partial charge in [-0.25, -0.2) is 0 Å². The Hall–Kier alpha value is -1.68. The zero-order valence-corrected chi connectivity index (χ0v) is 10.3. The molecule has 3 nitrogen and oxygen atoms in total. The smallest absolute Gasteiger partial charge is 0.255 e. The fraction of sp³-hybridized carbons (Fsp3) is 0.231. The van der Waals surface area contributed by atoms with Gasteiger partial charge in [0.1, 0.15) is 0 Å². The average molecular weight is 244 g/mol. The summed E-state index contributed by atoms with van der Waals surface area (Å²) >= 11 is 5.13. The molecule has 0 aliphatic heterocycles. The summed E-state index contributed by atoms with van der Waals surface area (Å²) in [5, 5.41) is 0. The Balaban J connectivity index is 2.28. The van der Waals surface area contributed by atoms with Crippen LogP contribution in [0.25, 0.3) is 0 Å². The molecule has 86 valence electrons. The predicted octanol–water partition coefficient (Wildman–Crippen LogP) is 1.94. The number of aromatic amines is 1. The van der Waals surface area contributed by atoms with Gasteiger partial charge in [0.15, 0.2) is 4.77 Å². The van der Waals surface area contributed by atoms with E-state index < -0.39 is 0 Å². The molecule has 0 fully saturated rings. The number of aromatic nitrogens is 2. The Bertz CT molecular complexity index is 712. The Morgan fingerprint density at radius 3 is 2.59 bits per heavy atom. The highest BCUT2D eigenvalue weighted by Crippen LogP contribution is 2.24. The van der Waals surface area contributed by atoms with Crippen molar-refractivity contribution in [1.29, 1.82) is 0 Å². The van der Waals surface area contributed by atoms with Crippen LogP contribution in [-0.4, -0.2) is 9.55 Å². The van der Waals surface area contributed by atoms with Gasteiger partial charge in [0, 0.05) is 31.1 Å². The molecule has 1 N–H and O–H groups in total. The SMILES string of the molecule is Cn1c2c(c(=O)[nH]c1=S)Cc1ccccc1C2. The number of hydrogen-bond donors (Lipinski definition) is 1. The molecule has 0 amide bonds. The molecule has 0 unspecified atom stereocenters. The molecule has 0 saturated heterocycles. The van der Waals surface area contributed by atoms with E-state index in [1.54, 1.807) is 0 Å². The number of hydrogen-bond acceptors (Lipinski definition) is 2. The predicted molar refractivity (Wildman–Crippen MR) is 68.9 cm³/mol. The van der Waals surface area contributed by atoms with Gasteiger partial charge in [-0.15, -0.1) is 0 Å².